The van der Waals surface area contributed by atoms with Crippen LogP contribution in [0.4, 0.5) is 37.7 Å². The van der Waals surface area contributed by atoms with Gasteiger partial charge in [-0.15, -0.1) is 0 Å². The van der Waals surface area contributed by atoms with E-state index in [-0.39, 0.29) is 29.3 Å². The third-order valence-electron chi connectivity index (χ3n) is 3.74. The summed E-state index contributed by atoms with van der Waals surface area (Å²) in [7, 11) is 0. The fraction of sp³-hybridized carbons (Fsp3) is 0.200. The number of hydrogen-bond donors (Lipinski definition) is 2. The van der Waals surface area contributed by atoms with Crippen molar-refractivity contribution in [2.45, 2.75) is 17.8 Å². The highest BCUT2D eigenvalue weighted by atomic mass is 79.9. The molecule has 0 aliphatic rings. The Labute approximate surface area is 183 Å². The molecule has 0 saturated heterocycles. The second-order valence-corrected chi connectivity index (χ2v) is 8.86. The average Bonchev–Trinajstić information content (AvgIpc) is 2.54. The monoisotopic (exact) mass is 646 g/mol. The van der Waals surface area contributed by atoms with Gasteiger partial charge in [0.05, 0.1) is 11.4 Å². The van der Waals surface area contributed by atoms with Gasteiger partial charge in [0, 0.05) is 29.0 Å². The molecule has 2 nitrogen and oxygen atoms in total. The van der Waals surface area contributed by atoms with Crippen molar-refractivity contribution in [2.75, 3.05) is 11.5 Å². The first-order valence-corrected chi connectivity index (χ1v) is 9.95. The Balaban J connectivity index is 2.94. The summed E-state index contributed by atoms with van der Waals surface area (Å²) < 4.78 is 84.1. The van der Waals surface area contributed by atoms with Crippen LogP contribution in [-0.4, -0.2) is 12.1 Å². The van der Waals surface area contributed by atoms with Crippen LogP contribution >= 0.6 is 63.7 Å². The largest absolute Gasteiger partial charge is 0.457 e. The van der Waals surface area contributed by atoms with E-state index in [2.05, 4.69) is 63.7 Å². The second-order valence-electron chi connectivity index (χ2n) is 5.44. The quantitative estimate of drug-likeness (QED) is 0.271. The number of nitrogen functional groups attached to an aromatic ring is 2. The van der Waals surface area contributed by atoms with E-state index in [9.17, 15) is 22.0 Å². The minimum absolute atomic E-state index is 0.0103. The van der Waals surface area contributed by atoms with E-state index in [4.69, 9.17) is 11.5 Å². The van der Waals surface area contributed by atoms with E-state index in [0.717, 1.165) is 24.3 Å². The van der Waals surface area contributed by atoms with E-state index in [1.807, 2.05) is 0 Å². The van der Waals surface area contributed by atoms with Crippen LogP contribution in [0.3, 0.4) is 0 Å². The van der Waals surface area contributed by atoms with Gasteiger partial charge < -0.3 is 11.5 Å². The van der Waals surface area contributed by atoms with E-state index in [0.29, 0.717) is 0 Å². The Morgan fingerprint density at radius 3 is 1.07 bits per heavy atom. The molecule has 4 N–H and O–H groups in total. The molecule has 0 unspecified atom stereocenters. The van der Waals surface area contributed by atoms with E-state index in [1.54, 1.807) is 0 Å². The van der Waals surface area contributed by atoms with Crippen LogP contribution < -0.4 is 11.5 Å². The summed E-state index contributed by atoms with van der Waals surface area (Å²) in [4.78, 5) is 0. The van der Waals surface area contributed by atoms with Gasteiger partial charge in [0.1, 0.15) is 0 Å². The van der Waals surface area contributed by atoms with Crippen molar-refractivity contribution in [2.24, 2.45) is 0 Å². The molecule has 0 fully saturated rings. The van der Waals surface area contributed by atoms with Gasteiger partial charge in [0.2, 0.25) is 5.67 Å². The van der Waals surface area contributed by atoms with Gasteiger partial charge in [-0.2, -0.15) is 22.0 Å². The number of alkyl halides is 6. The zero-order valence-corrected chi connectivity index (χ0v) is 19.1. The van der Waals surface area contributed by atoms with Crippen LogP contribution in [0, 0.1) is 0 Å². The summed E-state index contributed by atoms with van der Waals surface area (Å²) in [6.45, 7) is 0. The molecule has 2 aromatic carbocycles. The van der Waals surface area contributed by atoms with Crippen LogP contribution in [0.25, 0.3) is 0 Å². The van der Waals surface area contributed by atoms with Gasteiger partial charge in [-0.25, -0.2) is 4.39 Å². The maximum absolute atomic E-state index is 15.9. The highest BCUT2D eigenvalue weighted by Gasteiger charge is 2.72. The molecule has 0 aromatic heterocycles. The van der Waals surface area contributed by atoms with Gasteiger partial charge in [-0.3, -0.25) is 0 Å². The number of benzene rings is 2. The number of nitrogens with two attached hydrogens (primary N) is 2. The fourth-order valence-corrected chi connectivity index (χ4v) is 4.66. The summed E-state index contributed by atoms with van der Waals surface area (Å²) in [6, 6.07) is 3.10. The predicted molar refractivity (Wildman–Crippen MR) is 105 cm³/mol. The van der Waals surface area contributed by atoms with Crippen LogP contribution in [0.15, 0.2) is 42.2 Å². The highest BCUT2D eigenvalue weighted by Crippen LogP contribution is 2.56. The van der Waals surface area contributed by atoms with Gasteiger partial charge >= 0.3 is 12.1 Å². The molecule has 27 heavy (non-hydrogen) atoms. The predicted octanol–water partition coefficient (Wildman–Crippen LogP) is 7.31. The zero-order chi connectivity index (χ0) is 20.9. The summed E-state index contributed by atoms with van der Waals surface area (Å²) in [5.74, 6) is -5.77. The number of hydrogen-bond acceptors (Lipinski definition) is 2. The van der Waals surface area contributed by atoms with Crippen molar-refractivity contribution >= 4 is 75.1 Å². The number of anilines is 2. The summed E-state index contributed by atoms with van der Waals surface area (Å²) in [5, 5.41) is 0. The normalized spacial score (nSPS) is 13.1. The van der Waals surface area contributed by atoms with Crippen molar-refractivity contribution < 1.29 is 26.3 Å². The third kappa shape index (κ3) is 3.74. The van der Waals surface area contributed by atoms with E-state index < -0.39 is 28.9 Å². The molecule has 0 aliphatic carbocycles. The van der Waals surface area contributed by atoms with Gasteiger partial charge in [0.25, 0.3) is 0 Å². The lowest BCUT2D eigenvalue weighted by Gasteiger charge is -2.36. The Morgan fingerprint density at radius 1 is 0.593 bits per heavy atom. The van der Waals surface area contributed by atoms with Crippen LogP contribution in [-0.2, 0) is 5.67 Å². The van der Waals surface area contributed by atoms with Crippen LogP contribution in [0.2, 0.25) is 0 Å². The first-order chi connectivity index (χ1) is 12.1. The first-order valence-electron chi connectivity index (χ1n) is 6.78. The molecular formula is C15H8Br4F6N2. The Hall–Kier alpha value is -0.460. The summed E-state index contributed by atoms with van der Waals surface area (Å²) in [6.07, 6.45) is -6.18. The Bertz CT molecular complexity index is 797. The second kappa shape index (κ2) is 7.42. The molecule has 148 valence electrons. The van der Waals surface area contributed by atoms with Gasteiger partial charge in [0.15, 0.2) is 0 Å². The van der Waals surface area contributed by atoms with Crippen molar-refractivity contribution in [1.82, 2.24) is 0 Å². The molecule has 0 radical (unpaired) electrons. The van der Waals surface area contributed by atoms with Gasteiger partial charge in [-0.05, 0) is 88.0 Å². The standard InChI is InChI=1S/C15H8Br4F6N2/c16-7-1-5(2-8(17)11(7)26)13(20,14(21,22)15(23,24)25)6-3-9(18)12(27)10(19)4-6/h1-4H,26-27H2. The first kappa shape index (κ1) is 22.8. The minimum atomic E-state index is -6.18. The molecule has 0 aliphatic heterocycles. The van der Waals surface area contributed by atoms with E-state index in [1.165, 1.54) is 0 Å². The highest BCUT2D eigenvalue weighted by molar-refractivity contribution is 9.11. The maximum Gasteiger partial charge on any atom is 0.457 e. The van der Waals surface area contributed by atoms with Gasteiger partial charge in [-0.1, -0.05) is 0 Å². The summed E-state index contributed by atoms with van der Waals surface area (Å²) >= 11 is 11.7. The Morgan fingerprint density at radius 2 is 0.852 bits per heavy atom. The molecule has 0 atom stereocenters. The molecule has 0 amide bonds. The topological polar surface area (TPSA) is 52.0 Å². The fourth-order valence-electron chi connectivity index (χ4n) is 2.29. The maximum atomic E-state index is 15.9. The Kier molecular flexibility index (Phi) is 6.27. The molecular weight excluding hydrogens is 642 g/mol. The number of halogens is 10. The zero-order valence-electron chi connectivity index (χ0n) is 12.7. The van der Waals surface area contributed by atoms with Crippen molar-refractivity contribution in [3.05, 3.63) is 53.3 Å². The smallest absolute Gasteiger partial charge is 0.397 e. The SMILES string of the molecule is Nc1c(Br)cc(C(F)(c2cc(Br)c(N)c(Br)c2)C(F)(F)C(F)(F)F)cc1Br. The molecule has 0 heterocycles. The molecule has 0 spiro atoms. The molecule has 2 rings (SSSR count). The summed E-state index contributed by atoms with van der Waals surface area (Å²) in [5.41, 5.74) is 5.11. The lowest BCUT2D eigenvalue weighted by Crippen LogP contribution is -2.53. The van der Waals surface area contributed by atoms with Crippen LogP contribution in [0.1, 0.15) is 11.1 Å². The van der Waals surface area contributed by atoms with E-state index >= 15 is 4.39 Å². The van der Waals surface area contributed by atoms with Crippen LogP contribution in [0.5, 0.6) is 0 Å². The average molecular weight is 650 g/mol. The lowest BCUT2D eigenvalue weighted by atomic mass is 9.82. The number of rotatable bonds is 3. The third-order valence-corrected chi connectivity index (χ3v) is 6.37. The van der Waals surface area contributed by atoms with Crippen molar-refractivity contribution in [3.63, 3.8) is 0 Å². The van der Waals surface area contributed by atoms with Crippen molar-refractivity contribution in [3.8, 4) is 0 Å². The molecule has 0 saturated carbocycles. The molecule has 0 bridgehead atoms. The minimum Gasteiger partial charge on any atom is -0.397 e. The van der Waals surface area contributed by atoms with Crippen molar-refractivity contribution in [1.29, 1.82) is 0 Å². The lowest BCUT2D eigenvalue weighted by molar-refractivity contribution is -0.323. The molecule has 12 heteroatoms. The molecule has 2 aromatic rings.